The fourth-order valence-electron chi connectivity index (χ4n) is 3.73. The van der Waals surface area contributed by atoms with E-state index in [1.807, 2.05) is 6.07 Å². The van der Waals surface area contributed by atoms with Crippen molar-refractivity contribution >= 4 is 42.4 Å². The zero-order valence-electron chi connectivity index (χ0n) is 19.4. The Hall–Kier alpha value is -3.92. The van der Waals surface area contributed by atoms with Gasteiger partial charge in [-0.25, -0.2) is 4.79 Å². The Morgan fingerprint density at radius 1 is 1.17 bits per heavy atom. The minimum Gasteiger partial charge on any atom is -0.466 e. The number of urea groups is 1. The number of nitrogens with one attached hydrogen (secondary N) is 2. The molecule has 2 aromatic rings. The minimum atomic E-state index is -1.33. The SMILES string of the molecule is CCOC(=O)CC(NC(=O)CN1C(=O)NC(C)(c2ccc(C=NN)cc2)C1=O)c1ccccc1.Cl. The number of carbonyl (C=O) groups excluding carboxylic acids is 4. The minimum absolute atomic E-state index is 0. The Bertz CT molecular complexity index is 1090. The molecule has 1 saturated heterocycles. The van der Waals surface area contributed by atoms with Crippen LogP contribution in [0.1, 0.15) is 43.0 Å². The highest BCUT2D eigenvalue weighted by Gasteiger charge is 2.49. The van der Waals surface area contributed by atoms with Crippen LogP contribution in [0.5, 0.6) is 0 Å². The van der Waals surface area contributed by atoms with Gasteiger partial charge < -0.3 is 21.2 Å². The molecule has 2 atom stereocenters. The second-order valence-electron chi connectivity index (χ2n) is 7.89. The summed E-state index contributed by atoms with van der Waals surface area (Å²) in [5.41, 5.74) is 0.648. The third-order valence-electron chi connectivity index (χ3n) is 5.50. The van der Waals surface area contributed by atoms with Crippen molar-refractivity contribution in [2.45, 2.75) is 31.8 Å². The molecule has 186 valence electrons. The molecule has 2 aromatic carbocycles. The van der Waals surface area contributed by atoms with Gasteiger partial charge >= 0.3 is 12.0 Å². The van der Waals surface area contributed by atoms with Crippen molar-refractivity contribution in [3.05, 3.63) is 71.3 Å². The van der Waals surface area contributed by atoms with Gasteiger partial charge in [0.25, 0.3) is 5.91 Å². The smallest absolute Gasteiger partial charge is 0.325 e. The van der Waals surface area contributed by atoms with Gasteiger partial charge in [0.15, 0.2) is 0 Å². The molecule has 35 heavy (non-hydrogen) atoms. The van der Waals surface area contributed by atoms with Gasteiger partial charge in [0.05, 0.1) is 25.3 Å². The molecule has 2 unspecified atom stereocenters. The number of nitrogens with zero attached hydrogens (tertiary/aromatic N) is 2. The zero-order valence-corrected chi connectivity index (χ0v) is 20.2. The van der Waals surface area contributed by atoms with E-state index in [-0.39, 0.29) is 25.4 Å². The number of imide groups is 1. The van der Waals surface area contributed by atoms with Gasteiger partial charge in [0, 0.05) is 0 Å². The maximum absolute atomic E-state index is 13.1. The van der Waals surface area contributed by atoms with Crippen LogP contribution in [0.3, 0.4) is 0 Å². The molecule has 10 nitrogen and oxygen atoms in total. The summed E-state index contributed by atoms with van der Waals surface area (Å²) >= 11 is 0. The average molecular weight is 502 g/mol. The van der Waals surface area contributed by atoms with Crippen molar-refractivity contribution in [3.8, 4) is 0 Å². The summed E-state index contributed by atoms with van der Waals surface area (Å²) < 4.78 is 5.01. The lowest BCUT2D eigenvalue weighted by Crippen LogP contribution is -2.44. The number of nitrogens with two attached hydrogens (primary N) is 1. The zero-order chi connectivity index (χ0) is 24.7. The molecular weight excluding hydrogens is 474 g/mol. The van der Waals surface area contributed by atoms with Crippen molar-refractivity contribution in [3.63, 3.8) is 0 Å². The molecule has 1 fully saturated rings. The first-order valence-electron chi connectivity index (χ1n) is 10.8. The summed E-state index contributed by atoms with van der Waals surface area (Å²) in [6.45, 7) is 2.99. The molecule has 0 radical (unpaired) electrons. The first-order valence-corrected chi connectivity index (χ1v) is 10.8. The summed E-state index contributed by atoms with van der Waals surface area (Å²) in [5.74, 6) is 3.54. The summed E-state index contributed by atoms with van der Waals surface area (Å²) in [7, 11) is 0. The lowest BCUT2D eigenvalue weighted by molar-refractivity contribution is -0.144. The highest BCUT2D eigenvalue weighted by Crippen LogP contribution is 2.29. The molecule has 0 spiro atoms. The normalized spacial score (nSPS) is 18.1. The van der Waals surface area contributed by atoms with E-state index < -0.39 is 41.9 Å². The summed E-state index contributed by atoms with van der Waals surface area (Å²) in [5, 5.41) is 8.85. The predicted molar refractivity (Wildman–Crippen MR) is 132 cm³/mol. The van der Waals surface area contributed by atoms with Crippen LogP contribution >= 0.6 is 12.4 Å². The van der Waals surface area contributed by atoms with Crippen molar-refractivity contribution in [2.75, 3.05) is 13.2 Å². The number of amides is 4. The van der Waals surface area contributed by atoms with Crippen molar-refractivity contribution < 1.29 is 23.9 Å². The van der Waals surface area contributed by atoms with Gasteiger partial charge in [-0.2, -0.15) is 5.10 Å². The maximum Gasteiger partial charge on any atom is 0.325 e. The standard InChI is InChI=1S/C24H27N5O5.ClH/c1-3-34-21(31)13-19(17-7-5-4-6-8-17)27-20(30)15-29-22(32)24(2,28-23(29)33)18-11-9-16(10-12-18)14-26-25;/h4-12,14,19H,3,13,15,25H2,1-2H3,(H,27,30)(H,28,33);1H. The number of hydrogen-bond donors (Lipinski definition) is 3. The second-order valence-corrected chi connectivity index (χ2v) is 7.89. The highest BCUT2D eigenvalue weighted by molar-refractivity contribution is 6.09. The predicted octanol–water partition coefficient (Wildman–Crippen LogP) is 1.98. The first-order chi connectivity index (χ1) is 16.3. The van der Waals surface area contributed by atoms with E-state index in [0.717, 1.165) is 10.5 Å². The molecule has 4 N–H and O–H groups in total. The Morgan fingerprint density at radius 2 is 1.83 bits per heavy atom. The van der Waals surface area contributed by atoms with Gasteiger partial charge in [0.2, 0.25) is 5.91 Å². The molecule has 3 rings (SSSR count). The van der Waals surface area contributed by atoms with Crippen LogP contribution in [0, 0.1) is 0 Å². The van der Waals surface area contributed by atoms with Crippen LogP contribution in [0.4, 0.5) is 4.79 Å². The van der Waals surface area contributed by atoms with E-state index in [4.69, 9.17) is 10.6 Å². The summed E-state index contributed by atoms with van der Waals surface area (Å²) in [6.07, 6.45) is 1.37. The number of hydrogen-bond acceptors (Lipinski definition) is 7. The van der Waals surface area contributed by atoms with Gasteiger partial charge in [-0.05, 0) is 30.5 Å². The van der Waals surface area contributed by atoms with Gasteiger partial charge in [-0.1, -0.05) is 54.6 Å². The molecule has 11 heteroatoms. The van der Waals surface area contributed by atoms with E-state index in [9.17, 15) is 19.2 Å². The molecule has 0 aliphatic carbocycles. The molecule has 0 aromatic heterocycles. The third kappa shape index (κ3) is 6.36. The molecule has 0 bridgehead atoms. The lowest BCUT2D eigenvalue weighted by atomic mass is 9.91. The molecule has 4 amide bonds. The fraction of sp³-hybridized carbons (Fsp3) is 0.292. The Balaban J connectivity index is 0.00000432. The van der Waals surface area contributed by atoms with E-state index in [2.05, 4.69) is 15.7 Å². The first kappa shape index (κ1) is 27.3. The van der Waals surface area contributed by atoms with Gasteiger partial charge in [-0.15, -0.1) is 12.4 Å². The van der Waals surface area contributed by atoms with Crippen molar-refractivity contribution in [1.29, 1.82) is 0 Å². The number of halogens is 1. The highest BCUT2D eigenvalue weighted by atomic mass is 35.5. The number of hydrazone groups is 1. The average Bonchev–Trinajstić information content (AvgIpc) is 3.04. The maximum atomic E-state index is 13.1. The van der Waals surface area contributed by atoms with Crippen LogP contribution in [0.2, 0.25) is 0 Å². The van der Waals surface area contributed by atoms with Crippen molar-refractivity contribution in [2.24, 2.45) is 10.9 Å². The van der Waals surface area contributed by atoms with E-state index in [0.29, 0.717) is 11.1 Å². The lowest BCUT2D eigenvalue weighted by Gasteiger charge is -2.23. The summed E-state index contributed by atoms with van der Waals surface area (Å²) in [6, 6.07) is 14.4. The molecular formula is C24H28ClN5O5. The number of benzene rings is 2. The topological polar surface area (TPSA) is 143 Å². The van der Waals surface area contributed by atoms with E-state index in [1.54, 1.807) is 62.4 Å². The Labute approximate surface area is 209 Å². The van der Waals surface area contributed by atoms with Crippen LogP contribution in [0.15, 0.2) is 59.7 Å². The van der Waals surface area contributed by atoms with Crippen molar-refractivity contribution in [1.82, 2.24) is 15.5 Å². The number of esters is 1. The monoisotopic (exact) mass is 501 g/mol. The largest absolute Gasteiger partial charge is 0.466 e. The van der Waals surface area contributed by atoms with Crippen LogP contribution < -0.4 is 16.5 Å². The Morgan fingerprint density at radius 3 is 2.43 bits per heavy atom. The quantitative estimate of drug-likeness (QED) is 0.157. The van der Waals surface area contributed by atoms with E-state index >= 15 is 0 Å². The third-order valence-corrected chi connectivity index (χ3v) is 5.50. The number of rotatable bonds is 9. The van der Waals surface area contributed by atoms with Crippen LogP contribution in [-0.2, 0) is 24.7 Å². The van der Waals surface area contributed by atoms with Crippen LogP contribution in [0.25, 0.3) is 0 Å². The number of ether oxygens (including phenoxy) is 1. The number of carbonyl (C=O) groups is 4. The Kier molecular flexibility index (Phi) is 9.35. The fourth-order valence-corrected chi connectivity index (χ4v) is 3.73. The molecule has 1 heterocycles. The van der Waals surface area contributed by atoms with Gasteiger partial charge in [-0.3, -0.25) is 19.3 Å². The second kappa shape index (κ2) is 12.0. The molecule has 1 aliphatic rings. The van der Waals surface area contributed by atoms with Crippen LogP contribution in [-0.4, -0.2) is 48.1 Å². The molecule has 0 saturated carbocycles. The van der Waals surface area contributed by atoms with Gasteiger partial charge in [0.1, 0.15) is 12.1 Å². The summed E-state index contributed by atoms with van der Waals surface area (Å²) in [4.78, 5) is 51.5. The molecule has 1 aliphatic heterocycles. The van der Waals surface area contributed by atoms with E-state index in [1.165, 1.54) is 6.21 Å².